The Labute approximate surface area is 162 Å². The van der Waals surface area contributed by atoms with Crippen LogP contribution in [0.4, 0.5) is 5.69 Å². The smallest absolute Gasteiger partial charge is 0.259 e. The Balaban J connectivity index is 1.89. The van der Waals surface area contributed by atoms with Gasteiger partial charge in [0.2, 0.25) is 0 Å². The molecule has 0 aliphatic carbocycles. The van der Waals surface area contributed by atoms with Gasteiger partial charge in [-0.15, -0.1) is 0 Å². The maximum absolute atomic E-state index is 12.9. The number of hydrogen-bond acceptors (Lipinski definition) is 4. The maximum Gasteiger partial charge on any atom is 0.259 e. The lowest BCUT2D eigenvalue weighted by Crippen LogP contribution is -2.14. The predicted octanol–water partition coefficient (Wildman–Crippen LogP) is 5.40. The van der Waals surface area contributed by atoms with Gasteiger partial charge in [-0.3, -0.25) is 4.79 Å². The largest absolute Gasteiger partial charge is 0.495 e. The van der Waals surface area contributed by atoms with Gasteiger partial charge < -0.3 is 19.5 Å². The highest BCUT2D eigenvalue weighted by Crippen LogP contribution is 2.36. The molecule has 6 heteroatoms. The summed E-state index contributed by atoms with van der Waals surface area (Å²) in [6.07, 6.45) is 0. The third-order valence-corrected chi connectivity index (χ3v) is 4.12. The molecule has 0 atom stereocenters. The van der Waals surface area contributed by atoms with Crippen LogP contribution in [0.2, 0.25) is 5.02 Å². The van der Waals surface area contributed by atoms with Crippen LogP contribution in [-0.2, 0) is 0 Å². The molecule has 0 aromatic heterocycles. The summed E-state index contributed by atoms with van der Waals surface area (Å²) in [6.45, 7) is 0. The van der Waals surface area contributed by atoms with Crippen LogP contribution >= 0.6 is 11.6 Å². The van der Waals surface area contributed by atoms with Crippen molar-refractivity contribution in [2.24, 2.45) is 0 Å². The van der Waals surface area contributed by atoms with Crippen LogP contribution in [-0.4, -0.2) is 20.1 Å². The lowest BCUT2D eigenvalue weighted by molar-refractivity contribution is 0.102. The predicted molar refractivity (Wildman–Crippen MR) is 105 cm³/mol. The summed E-state index contributed by atoms with van der Waals surface area (Å²) in [5.41, 5.74) is 0.829. The molecule has 5 nitrogen and oxygen atoms in total. The molecule has 3 aromatic carbocycles. The zero-order chi connectivity index (χ0) is 19.2. The van der Waals surface area contributed by atoms with Gasteiger partial charge >= 0.3 is 0 Å². The third-order valence-electron chi connectivity index (χ3n) is 3.82. The van der Waals surface area contributed by atoms with Crippen LogP contribution in [0.25, 0.3) is 0 Å². The second kappa shape index (κ2) is 8.47. The van der Waals surface area contributed by atoms with Crippen molar-refractivity contribution in [2.45, 2.75) is 0 Å². The van der Waals surface area contributed by atoms with E-state index >= 15 is 0 Å². The van der Waals surface area contributed by atoms with E-state index in [2.05, 4.69) is 5.32 Å². The van der Waals surface area contributed by atoms with E-state index in [1.807, 2.05) is 30.3 Å². The van der Waals surface area contributed by atoms with Crippen molar-refractivity contribution in [3.63, 3.8) is 0 Å². The molecule has 3 rings (SSSR count). The van der Waals surface area contributed by atoms with E-state index in [1.165, 1.54) is 14.2 Å². The second-order valence-corrected chi connectivity index (χ2v) is 5.96. The Morgan fingerprint density at radius 3 is 2.22 bits per heavy atom. The van der Waals surface area contributed by atoms with Gasteiger partial charge in [0.25, 0.3) is 5.91 Å². The Hall–Kier alpha value is -3.18. The fraction of sp³-hybridized carbons (Fsp3) is 0.0952. The molecule has 0 saturated carbocycles. The SMILES string of the molecule is COc1cc(NC(=O)c2ccccc2Oc2ccccc2)c(OC)cc1Cl. The van der Waals surface area contributed by atoms with E-state index in [9.17, 15) is 4.79 Å². The minimum Gasteiger partial charge on any atom is -0.495 e. The zero-order valence-electron chi connectivity index (χ0n) is 14.9. The van der Waals surface area contributed by atoms with Crippen molar-refractivity contribution in [1.29, 1.82) is 0 Å². The zero-order valence-corrected chi connectivity index (χ0v) is 15.6. The monoisotopic (exact) mass is 383 g/mol. The molecule has 138 valence electrons. The van der Waals surface area contributed by atoms with Crippen LogP contribution < -0.4 is 19.5 Å². The first-order valence-electron chi connectivity index (χ1n) is 8.17. The number of ether oxygens (including phenoxy) is 3. The number of halogens is 1. The number of hydrogen-bond donors (Lipinski definition) is 1. The first kappa shape index (κ1) is 18.6. The second-order valence-electron chi connectivity index (χ2n) is 5.55. The first-order valence-corrected chi connectivity index (χ1v) is 8.55. The number of carbonyl (C=O) groups excluding carboxylic acids is 1. The number of rotatable bonds is 6. The normalized spacial score (nSPS) is 10.2. The minimum atomic E-state index is -0.343. The lowest BCUT2D eigenvalue weighted by Gasteiger charge is -2.15. The van der Waals surface area contributed by atoms with Gasteiger partial charge in [-0.1, -0.05) is 41.9 Å². The molecule has 27 heavy (non-hydrogen) atoms. The van der Waals surface area contributed by atoms with E-state index in [0.717, 1.165) is 0 Å². The topological polar surface area (TPSA) is 56.8 Å². The molecule has 0 aliphatic heterocycles. The quantitative estimate of drug-likeness (QED) is 0.619. The Bertz CT molecular complexity index is 944. The van der Waals surface area contributed by atoms with Crippen LogP contribution in [0.3, 0.4) is 0 Å². The average Bonchev–Trinajstić information content (AvgIpc) is 2.70. The number of anilines is 1. The highest BCUT2D eigenvalue weighted by Gasteiger charge is 2.17. The molecule has 0 bridgehead atoms. The van der Waals surface area contributed by atoms with Crippen molar-refractivity contribution in [3.05, 3.63) is 77.3 Å². The fourth-order valence-electron chi connectivity index (χ4n) is 2.51. The number of carbonyl (C=O) groups is 1. The van der Waals surface area contributed by atoms with Gasteiger partial charge in [-0.05, 0) is 24.3 Å². The highest BCUT2D eigenvalue weighted by atomic mass is 35.5. The van der Waals surface area contributed by atoms with E-state index in [1.54, 1.807) is 36.4 Å². The molecule has 0 aliphatic rings. The van der Waals surface area contributed by atoms with Gasteiger partial charge in [-0.25, -0.2) is 0 Å². The summed E-state index contributed by atoms with van der Waals surface area (Å²) in [5, 5.41) is 3.21. The fourth-order valence-corrected chi connectivity index (χ4v) is 2.74. The maximum atomic E-state index is 12.9. The number of amides is 1. The molecule has 1 N–H and O–H groups in total. The number of para-hydroxylation sites is 2. The third kappa shape index (κ3) is 4.33. The minimum absolute atomic E-state index is 0.343. The van der Waals surface area contributed by atoms with Crippen LogP contribution in [0.5, 0.6) is 23.0 Å². The molecule has 0 heterocycles. The van der Waals surface area contributed by atoms with Gasteiger partial charge in [0, 0.05) is 12.1 Å². The Morgan fingerprint density at radius 2 is 1.52 bits per heavy atom. The first-order chi connectivity index (χ1) is 13.1. The summed E-state index contributed by atoms with van der Waals surface area (Å²) >= 11 is 6.11. The van der Waals surface area contributed by atoms with Crippen LogP contribution in [0.1, 0.15) is 10.4 Å². The Morgan fingerprint density at radius 1 is 0.852 bits per heavy atom. The van der Waals surface area contributed by atoms with Crippen molar-refractivity contribution in [1.82, 2.24) is 0 Å². The molecular formula is C21H18ClNO4. The molecule has 0 unspecified atom stereocenters. The molecular weight excluding hydrogens is 366 g/mol. The molecule has 0 spiro atoms. The van der Waals surface area contributed by atoms with Crippen LogP contribution in [0.15, 0.2) is 66.7 Å². The van der Waals surface area contributed by atoms with Gasteiger partial charge in [0.1, 0.15) is 23.0 Å². The molecule has 0 saturated heterocycles. The van der Waals surface area contributed by atoms with E-state index in [-0.39, 0.29) is 5.91 Å². The molecule has 0 radical (unpaired) electrons. The van der Waals surface area contributed by atoms with E-state index < -0.39 is 0 Å². The molecule has 0 fully saturated rings. The number of nitrogens with one attached hydrogen (secondary N) is 1. The van der Waals surface area contributed by atoms with Gasteiger partial charge in [0.05, 0.1) is 30.5 Å². The standard InChI is InChI=1S/C21H18ClNO4/c1-25-19-13-17(20(26-2)12-16(19)22)23-21(24)15-10-6-7-11-18(15)27-14-8-4-3-5-9-14/h3-13H,1-2H3,(H,23,24). The van der Waals surface area contributed by atoms with Crippen molar-refractivity contribution in [2.75, 3.05) is 19.5 Å². The Kier molecular flexibility index (Phi) is 5.84. The molecule has 3 aromatic rings. The average molecular weight is 384 g/mol. The van der Waals surface area contributed by atoms with Crippen LogP contribution in [0, 0.1) is 0 Å². The summed E-state index contributed by atoms with van der Waals surface area (Å²) in [6, 6.07) is 19.5. The number of methoxy groups -OCH3 is 2. The van der Waals surface area contributed by atoms with Gasteiger partial charge in [0.15, 0.2) is 0 Å². The summed E-state index contributed by atoms with van der Waals surface area (Å²) in [5.74, 6) is 1.60. The number of benzene rings is 3. The summed E-state index contributed by atoms with van der Waals surface area (Å²) in [7, 11) is 3.00. The van der Waals surface area contributed by atoms with Crippen molar-refractivity contribution in [3.8, 4) is 23.0 Å². The van der Waals surface area contributed by atoms with Gasteiger partial charge in [-0.2, -0.15) is 0 Å². The van der Waals surface area contributed by atoms with E-state index in [4.69, 9.17) is 25.8 Å². The van der Waals surface area contributed by atoms with E-state index in [0.29, 0.717) is 39.3 Å². The summed E-state index contributed by atoms with van der Waals surface area (Å²) in [4.78, 5) is 12.9. The highest BCUT2D eigenvalue weighted by molar-refractivity contribution is 6.32. The molecule has 1 amide bonds. The van der Waals surface area contributed by atoms with Crippen molar-refractivity contribution >= 4 is 23.2 Å². The summed E-state index contributed by atoms with van der Waals surface area (Å²) < 4.78 is 16.4. The lowest BCUT2D eigenvalue weighted by atomic mass is 10.1. The van der Waals surface area contributed by atoms with Crippen molar-refractivity contribution < 1.29 is 19.0 Å².